The number of hydrogen-bond acceptors (Lipinski definition) is 5. The van der Waals surface area contributed by atoms with E-state index >= 15 is 0 Å². The summed E-state index contributed by atoms with van der Waals surface area (Å²) in [4.78, 5) is 7.33. The van der Waals surface area contributed by atoms with Crippen molar-refractivity contribution in [1.29, 1.82) is 0 Å². The van der Waals surface area contributed by atoms with E-state index in [9.17, 15) is 8.42 Å². The Hall–Kier alpha value is -2.18. The van der Waals surface area contributed by atoms with Gasteiger partial charge in [0.1, 0.15) is 5.52 Å². The molecule has 1 fully saturated rings. The van der Waals surface area contributed by atoms with Gasteiger partial charge in [-0.2, -0.15) is 0 Å². The SMILES string of the molecule is Cc1ccc(C)c(S(=O)(=O)CCN2CCC(c3nc4ccccc4o3)CC2)c1. The van der Waals surface area contributed by atoms with Crippen LogP contribution in [0.3, 0.4) is 0 Å². The molecule has 0 N–H and O–H groups in total. The average molecular weight is 399 g/mol. The topological polar surface area (TPSA) is 63.4 Å². The lowest BCUT2D eigenvalue weighted by Gasteiger charge is -2.30. The molecule has 4 rings (SSSR count). The molecule has 0 atom stereocenters. The van der Waals surface area contributed by atoms with Gasteiger partial charge >= 0.3 is 0 Å². The molecular weight excluding hydrogens is 372 g/mol. The van der Waals surface area contributed by atoms with Gasteiger partial charge in [-0.3, -0.25) is 0 Å². The molecule has 3 aromatic rings. The fourth-order valence-electron chi connectivity index (χ4n) is 3.87. The number of likely N-dealkylation sites (tertiary alicyclic amines) is 1. The van der Waals surface area contributed by atoms with E-state index in [0.717, 1.165) is 54.0 Å². The standard InChI is InChI=1S/C22H26N2O3S/c1-16-7-8-17(2)21(15-16)28(25,26)14-13-24-11-9-18(10-12-24)22-23-19-5-3-4-6-20(19)27-22/h3-8,15,18H,9-14H2,1-2H3. The number of para-hydroxylation sites is 2. The fraction of sp³-hybridized carbons (Fsp3) is 0.409. The summed E-state index contributed by atoms with van der Waals surface area (Å²) in [6.45, 7) is 6.08. The van der Waals surface area contributed by atoms with Crippen LogP contribution in [0.1, 0.15) is 35.8 Å². The minimum absolute atomic E-state index is 0.158. The Kier molecular flexibility index (Phi) is 5.25. The van der Waals surface area contributed by atoms with E-state index in [-0.39, 0.29) is 5.75 Å². The number of hydrogen-bond donors (Lipinski definition) is 0. The van der Waals surface area contributed by atoms with Gasteiger partial charge in [-0.1, -0.05) is 24.3 Å². The Balaban J connectivity index is 1.36. The molecule has 0 radical (unpaired) electrons. The van der Waals surface area contributed by atoms with E-state index in [4.69, 9.17) is 4.42 Å². The lowest BCUT2D eigenvalue weighted by atomic mass is 9.97. The van der Waals surface area contributed by atoms with Crippen molar-refractivity contribution < 1.29 is 12.8 Å². The van der Waals surface area contributed by atoms with Crippen LogP contribution in [0.4, 0.5) is 0 Å². The van der Waals surface area contributed by atoms with Crippen LogP contribution in [0.5, 0.6) is 0 Å². The smallest absolute Gasteiger partial charge is 0.198 e. The van der Waals surface area contributed by atoms with Gasteiger partial charge in [0, 0.05) is 12.5 Å². The molecule has 0 saturated carbocycles. The molecule has 1 aromatic heterocycles. The summed E-state index contributed by atoms with van der Waals surface area (Å²) in [7, 11) is -3.27. The molecular formula is C22H26N2O3S. The first kappa shape index (κ1) is 19.2. The van der Waals surface area contributed by atoms with Crippen molar-refractivity contribution in [2.24, 2.45) is 0 Å². The molecule has 148 valence electrons. The molecule has 1 aliphatic rings. The number of oxazole rings is 1. The van der Waals surface area contributed by atoms with Crippen LogP contribution in [0.2, 0.25) is 0 Å². The Labute approximate surface area is 166 Å². The van der Waals surface area contributed by atoms with Crippen molar-refractivity contribution in [3.05, 3.63) is 59.5 Å². The number of fused-ring (bicyclic) bond motifs is 1. The first-order valence-corrected chi connectivity index (χ1v) is 11.5. The highest BCUT2D eigenvalue weighted by atomic mass is 32.2. The monoisotopic (exact) mass is 398 g/mol. The molecule has 0 bridgehead atoms. The molecule has 0 amide bonds. The molecule has 1 aliphatic heterocycles. The first-order chi connectivity index (χ1) is 13.4. The lowest BCUT2D eigenvalue weighted by molar-refractivity contribution is 0.210. The predicted octanol–water partition coefficient (Wildman–Crippen LogP) is 4.10. The first-order valence-electron chi connectivity index (χ1n) is 9.80. The van der Waals surface area contributed by atoms with E-state index in [1.54, 1.807) is 6.07 Å². The van der Waals surface area contributed by atoms with E-state index in [1.165, 1.54) is 0 Å². The molecule has 2 heterocycles. The summed E-state index contributed by atoms with van der Waals surface area (Å²) < 4.78 is 31.5. The minimum atomic E-state index is -3.27. The summed E-state index contributed by atoms with van der Waals surface area (Å²) in [6.07, 6.45) is 1.88. The van der Waals surface area contributed by atoms with Gasteiger partial charge in [-0.15, -0.1) is 0 Å². The van der Waals surface area contributed by atoms with Crippen LogP contribution < -0.4 is 0 Å². The van der Waals surface area contributed by atoms with Crippen molar-refractivity contribution in [2.75, 3.05) is 25.4 Å². The number of nitrogens with zero attached hydrogens (tertiary/aromatic N) is 2. The maximum absolute atomic E-state index is 12.8. The number of benzene rings is 2. The summed E-state index contributed by atoms with van der Waals surface area (Å²) in [5, 5.41) is 0. The van der Waals surface area contributed by atoms with Crippen LogP contribution in [0, 0.1) is 13.8 Å². The van der Waals surface area contributed by atoms with Gasteiger partial charge < -0.3 is 9.32 Å². The Morgan fingerprint density at radius 2 is 1.86 bits per heavy atom. The van der Waals surface area contributed by atoms with Crippen molar-refractivity contribution in [3.63, 3.8) is 0 Å². The molecule has 2 aromatic carbocycles. The van der Waals surface area contributed by atoms with Crippen LogP contribution in [0.25, 0.3) is 11.1 Å². The largest absolute Gasteiger partial charge is 0.440 e. The molecule has 0 spiro atoms. The zero-order valence-electron chi connectivity index (χ0n) is 16.4. The van der Waals surface area contributed by atoms with E-state index in [2.05, 4.69) is 9.88 Å². The van der Waals surface area contributed by atoms with Crippen molar-refractivity contribution in [2.45, 2.75) is 37.5 Å². The lowest BCUT2D eigenvalue weighted by Crippen LogP contribution is -2.36. The minimum Gasteiger partial charge on any atom is -0.440 e. The van der Waals surface area contributed by atoms with E-state index in [1.807, 2.05) is 50.2 Å². The fourth-order valence-corrected chi connectivity index (χ4v) is 5.51. The highest BCUT2D eigenvalue weighted by molar-refractivity contribution is 7.91. The second-order valence-electron chi connectivity index (χ2n) is 7.72. The van der Waals surface area contributed by atoms with Gasteiger partial charge in [-0.25, -0.2) is 13.4 Å². The van der Waals surface area contributed by atoms with Gasteiger partial charge in [0.15, 0.2) is 21.3 Å². The predicted molar refractivity (Wildman–Crippen MR) is 110 cm³/mol. The third-order valence-corrected chi connectivity index (χ3v) is 7.43. The molecule has 28 heavy (non-hydrogen) atoms. The second kappa shape index (κ2) is 7.68. The summed E-state index contributed by atoms with van der Waals surface area (Å²) in [5.41, 5.74) is 3.53. The van der Waals surface area contributed by atoms with E-state index < -0.39 is 9.84 Å². The molecule has 0 unspecified atom stereocenters. The molecule has 0 aliphatic carbocycles. The number of sulfone groups is 1. The van der Waals surface area contributed by atoms with E-state index in [0.29, 0.717) is 17.4 Å². The molecule has 1 saturated heterocycles. The van der Waals surface area contributed by atoms with Crippen LogP contribution >= 0.6 is 0 Å². The summed E-state index contributed by atoms with van der Waals surface area (Å²) in [5.74, 6) is 1.27. The van der Waals surface area contributed by atoms with Crippen molar-refractivity contribution >= 4 is 20.9 Å². The maximum atomic E-state index is 12.8. The van der Waals surface area contributed by atoms with Crippen LogP contribution in [-0.4, -0.2) is 43.7 Å². The van der Waals surface area contributed by atoms with Crippen LogP contribution in [-0.2, 0) is 9.84 Å². The number of rotatable bonds is 5. The third kappa shape index (κ3) is 3.98. The quantitative estimate of drug-likeness (QED) is 0.647. The zero-order valence-corrected chi connectivity index (χ0v) is 17.2. The van der Waals surface area contributed by atoms with Gasteiger partial charge in [-0.05, 0) is 69.1 Å². The summed E-state index contributed by atoms with van der Waals surface area (Å²) >= 11 is 0. The molecule has 6 heteroatoms. The zero-order chi connectivity index (χ0) is 19.7. The molecule has 5 nitrogen and oxygen atoms in total. The number of piperidine rings is 1. The van der Waals surface area contributed by atoms with Crippen molar-refractivity contribution in [3.8, 4) is 0 Å². The normalized spacial score (nSPS) is 16.6. The van der Waals surface area contributed by atoms with Crippen molar-refractivity contribution in [1.82, 2.24) is 9.88 Å². The second-order valence-corrected chi connectivity index (χ2v) is 9.80. The number of aryl methyl sites for hydroxylation is 2. The van der Waals surface area contributed by atoms with Gasteiger partial charge in [0.25, 0.3) is 0 Å². The third-order valence-electron chi connectivity index (χ3n) is 5.60. The Bertz CT molecular complexity index is 1050. The maximum Gasteiger partial charge on any atom is 0.198 e. The highest BCUT2D eigenvalue weighted by Gasteiger charge is 2.26. The van der Waals surface area contributed by atoms with Gasteiger partial charge in [0.05, 0.1) is 10.6 Å². The number of aromatic nitrogens is 1. The van der Waals surface area contributed by atoms with Crippen LogP contribution in [0.15, 0.2) is 51.8 Å². The van der Waals surface area contributed by atoms with Gasteiger partial charge in [0.2, 0.25) is 0 Å². The summed E-state index contributed by atoms with van der Waals surface area (Å²) in [6, 6.07) is 13.4. The Morgan fingerprint density at radius 3 is 2.61 bits per heavy atom. The Morgan fingerprint density at radius 1 is 1.11 bits per heavy atom. The average Bonchev–Trinajstić information content (AvgIpc) is 3.13. The highest BCUT2D eigenvalue weighted by Crippen LogP contribution is 2.30.